The van der Waals surface area contributed by atoms with Crippen LogP contribution in [0.3, 0.4) is 0 Å². The van der Waals surface area contributed by atoms with Crippen molar-refractivity contribution in [2.45, 2.75) is 63.5 Å². The van der Waals surface area contributed by atoms with Gasteiger partial charge in [0.1, 0.15) is 17.3 Å². The molecule has 1 heterocycles. The molecule has 1 fully saturated rings. The number of carbonyl (C=O) groups excluding carboxylic acids is 1. The van der Waals surface area contributed by atoms with Gasteiger partial charge in [-0.25, -0.2) is 4.98 Å². The van der Waals surface area contributed by atoms with Gasteiger partial charge in [-0.05, 0) is 81.7 Å². The number of carbonyl (C=O) groups is 1. The van der Waals surface area contributed by atoms with E-state index in [-0.39, 0.29) is 11.9 Å². The molecule has 0 bridgehead atoms. The number of nitrogens with one attached hydrogen (secondary N) is 2. The summed E-state index contributed by atoms with van der Waals surface area (Å²) in [6.07, 6.45) is 8.30. The number of aromatic nitrogens is 2. The van der Waals surface area contributed by atoms with E-state index in [1.807, 2.05) is 48.5 Å². The minimum Gasteiger partial charge on any atom is -0.457 e. The Morgan fingerprint density at radius 1 is 0.889 bits per heavy atom. The largest absolute Gasteiger partial charge is 0.457 e. The molecule has 36 heavy (non-hydrogen) atoms. The first-order valence-electron chi connectivity index (χ1n) is 13.0. The highest BCUT2D eigenvalue weighted by atomic mass is 16.5. The van der Waals surface area contributed by atoms with Gasteiger partial charge in [0.15, 0.2) is 0 Å². The molecule has 3 aromatic rings. The molecule has 2 N–H and O–H groups in total. The van der Waals surface area contributed by atoms with Crippen molar-refractivity contribution in [1.82, 2.24) is 15.3 Å². The number of fused-ring (bicyclic) bond motifs is 1. The highest BCUT2D eigenvalue weighted by Gasteiger charge is 2.25. The molecule has 7 heteroatoms. The maximum Gasteiger partial charge on any atom is 0.251 e. The van der Waals surface area contributed by atoms with E-state index in [0.717, 1.165) is 56.0 Å². The Bertz CT molecular complexity index is 1190. The van der Waals surface area contributed by atoms with Crippen LogP contribution in [0.2, 0.25) is 0 Å². The van der Waals surface area contributed by atoms with E-state index in [0.29, 0.717) is 17.4 Å². The van der Waals surface area contributed by atoms with Gasteiger partial charge >= 0.3 is 0 Å². The van der Waals surface area contributed by atoms with E-state index in [1.54, 1.807) is 6.07 Å². The second-order valence-electron chi connectivity index (χ2n) is 10.0. The summed E-state index contributed by atoms with van der Waals surface area (Å²) in [6.45, 7) is 0. The Hall–Kier alpha value is -3.61. The second-order valence-corrected chi connectivity index (χ2v) is 10.0. The fourth-order valence-corrected chi connectivity index (χ4v) is 5.17. The number of amides is 1. The van der Waals surface area contributed by atoms with Crippen LogP contribution in [0.25, 0.3) is 0 Å². The van der Waals surface area contributed by atoms with Crippen LogP contribution in [0.1, 0.15) is 60.1 Å². The molecule has 2 aromatic carbocycles. The van der Waals surface area contributed by atoms with Gasteiger partial charge in [-0.15, -0.1) is 0 Å². The van der Waals surface area contributed by atoms with Gasteiger partial charge in [-0.1, -0.05) is 24.3 Å². The topological polar surface area (TPSA) is 79.4 Å². The summed E-state index contributed by atoms with van der Waals surface area (Å²) in [5, 5.41) is 6.80. The van der Waals surface area contributed by atoms with Gasteiger partial charge in [0.05, 0.1) is 5.69 Å². The lowest BCUT2D eigenvalue weighted by atomic mass is 9.91. The first kappa shape index (κ1) is 24.1. The summed E-state index contributed by atoms with van der Waals surface area (Å²) in [5.41, 5.74) is 3.12. The quantitative estimate of drug-likeness (QED) is 0.469. The van der Waals surface area contributed by atoms with Gasteiger partial charge in [0.25, 0.3) is 5.91 Å². The van der Waals surface area contributed by atoms with E-state index in [9.17, 15) is 4.79 Å². The average Bonchev–Trinajstić information content (AvgIpc) is 2.90. The number of para-hydroxylation sites is 1. The molecular weight excluding hydrogens is 450 g/mol. The van der Waals surface area contributed by atoms with Gasteiger partial charge in [0.2, 0.25) is 5.95 Å². The molecule has 0 saturated heterocycles. The maximum atomic E-state index is 12.9. The van der Waals surface area contributed by atoms with Crippen molar-refractivity contribution in [3.05, 3.63) is 71.4 Å². The summed E-state index contributed by atoms with van der Waals surface area (Å²) >= 11 is 0. The molecule has 7 nitrogen and oxygen atoms in total. The zero-order valence-corrected chi connectivity index (χ0v) is 21.2. The van der Waals surface area contributed by atoms with Gasteiger partial charge in [-0.2, -0.15) is 4.98 Å². The highest BCUT2D eigenvalue weighted by Crippen LogP contribution is 2.29. The Balaban J connectivity index is 1.15. The number of nitrogens with zero attached hydrogens (tertiary/aromatic N) is 3. The molecule has 1 amide bonds. The number of hydrogen-bond donors (Lipinski definition) is 2. The normalized spacial score (nSPS) is 19.2. The van der Waals surface area contributed by atoms with E-state index >= 15 is 0 Å². The molecule has 1 saturated carbocycles. The van der Waals surface area contributed by atoms with Crippen molar-refractivity contribution in [1.29, 1.82) is 0 Å². The summed E-state index contributed by atoms with van der Waals surface area (Å²) in [4.78, 5) is 24.7. The van der Waals surface area contributed by atoms with Crippen LogP contribution in [0.4, 0.5) is 11.8 Å². The van der Waals surface area contributed by atoms with Gasteiger partial charge in [0, 0.05) is 37.3 Å². The molecule has 2 aliphatic rings. The van der Waals surface area contributed by atoms with E-state index in [4.69, 9.17) is 14.7 Å². The summed E-state index contributed by atoms with van der Waals surface area (Å²) in [7, 11) is 4.11. The molecular formula is C29H35N5O2. The lowest BCUT2D eigenvalue weighted by molar-refractivity contribution is 0.0926. The third kappa shape index (κ3) is 5.78. The molecule has 1 aromatic heterocycles. The fourth-order valence-electron chi connectivity index (χ4n) is 5.17. The monoisotopic (exact) mass is 485 g/mol. The summed E-state index contributed by atoms with van der Waals surface area (Å²) in [5.74, 6) is 3.13. The zero-order chi connectivity index (χ0) is 24.9. The minimum absolute atomic E-state index is 0.0569. The average molecular weight is 486 g/mol. The van der Waals surface area contributed by atoms with E-state index in [1.165, 1.54) is 24.1 Å². The Kier molecular flexibility index (Phi) is 7.35. The van der Waals surface area contributed by atoms with Gasteiger partial charge < -0.3 is 20.3 Å². The van der Waals surface area contributed by atoms with Crippen LogP contribution < -0.4 is 20.3 Å². The van der Waals surface area contributed by atoms with Crippen LogP contribution in [-0.4, -0.2) is 42.1 Å². The number of rotatable bonds is 7. The lowest BCUT2D eigenvalue weighted by Gasteiger charge is -2.30. The smallest absolute Gasteiger partial charge is 0.251 e. The molecule has 188 valence electrons. The number of aryl methyl sites for hydroxylation is 1. The van der Waals surface area contributed by atoms with Crippen molar-refractivity contribution in [3.63, 3.8) is 0 Å². The van der Waals surface area contributed by atoms with Crippen LogP contribution in [0, 0.1) is 0 Å². The third-order valence-electron chi connectivity index (χ3n) is 7.06. The summed E-state index contributed by atoms with van der Waals surface area (Å²) in [6, 6.07) is 17.4. The molecule has 0 aliphatic heterocycles. The number of hydrogen-bond acceptors (Lipinski definition) is 6. The first-order valence-corrected chi connectivity index (χ1v) is 13.0. The van der Waals surface area contributed by atoms with Crippen molar-refractivity contribution in [2.75, 3.05) is 24.3 Å². The van der Waals surface area contributed by atoms with Crippen molar-refractivity contribution >= 4 is 17.7 Å². The summed E-state index contributed by atoms with van der Waals surface area (Å²) < 4.78 is 5.88. The number of anilines is 2. The Morgan fingerprint density at radius 3 is 2.39 bits per heavy atom. The SMILES string of the molecule is CN(C)c1nc(N[C@H]2CC[C@@H](NC(=O)c3cccc(Oc4ccccc4)c3)CC2)nc2c1CCCC2. The third-order valence-corrected chi connectivity index (χ3v) is 7.06. The second kappa shape index (κ2) is 11.0. The Morgan fingerprint density at radius 2 is 1.61 bits per heavy atom. The lowest BCUT2D eigenvalue weighted by Crippen LogP contribution is -2.40. The van der Waals surface area contributed by atoms with Crippen LogP contribution in [0.5, 0.6) is 11.5 Å². The molecule has 5 rings (SSSR count). The van der Waals surface area contributed by atoms with E-state index < -0.39 is 0 Å². The molecule has 0 spiro atoms. The first-order chi connectivity index (χ1) is 17.5. The molecule has 0 unspecified atom stereocenters. The van der Waals surface area contributed by atoms with E-state index in [2.05, 4.69) is 29.6 Å². The molecule has 0 atom stereocenters. The molecule has 2 aliphatic carbocycles. The van der Waals surface area contributed by atoms with Crippen molar-refractivity contribution in [3.8, 4) is 11.5 Å². The standard InChI is InChI=1S/C29H35N5O2/c1-34(2)27-25-13-6-7-14-26(25)32-29(33-27)31-22-17-15-21(16-18-22)30-28(35)20-9-8-12-24(19-20)36-23-10-4-3-5-11-23/h3-5,8-12,19,21-22H,6-7,13-18H2,1-2H3,(H,30,35)(H,31,32,33)/t21-,22+. The predicted molar refractivity (Wildman–Crippen MR) is 143 cm³/mol. The molecule has 0 radical (unpaired) electrons. The number of ether oxygens (including phenoxy) is 1. The van der Waals surface area contributed by atoms with Crippen LogP contribution >= 0.6 is 0 Å². The van der Waals surface area contributed by atoms with Crippen LogP contribution in [-0.2, 0) is 12.8 Å². The Labute approximate surface area is 213 Å². The predicted octanol–water partition coefficient (Wildman–Crippen LogP) is 5.37. The van der Waals surface area contributed by atoms with Crippen LogP contribution in [0.15, 0.2) is 54.6 Å². The maximum absolute atomic E-state index is 12.9. The minimum atomic E-state index is -0.0569. The zero-order valence-electron chi connectivity index (χ0n) is 21.2. The van der Waals surface area contributed by atoms with Crippen molar-refractivity contribution < 1.29 is 9.53 Å². The fraction of sp³-hybridized carbons (Fsp3) is 0.414. The van der Waals surface area contributed by atoms with Gasteiger partial charge in [-0.3, -0.25) is 4.79 Å². The number of benzene rings is 2. The van der Waals surface area contributed by atoms with Crippen molar-refractivity contribution in [2.24, 2.45) is 0 Å². The highest BCUT2D eigenvalue weighted by molar-refractivity contribution is 5.94.